The minimum absolute atomic E-state index is 0.182. The fourth-order valence-electron chi connectivity index (χ4n) is 1.54. The van der Waals surface area contributed by atoms with Crippen LogP contribution in [0.25, 0.3) is 0 Å². The highest BCUT2D eigenvalue weighted by atomic mass is 35.5. The maximum atomic E-state index is 6.04. The first-order valence-corrected chi connectivity index (χ1v) is 7.16. The SMILES string of the molecule is CC(C)(C)c1nc(Cl)cc(Nc2ccc(Cl)c(Cl)c2)n1. The number of rotatable bonds is 2. The second kappa shape index (κ2) is 5.76. The maximum absolute atomic E-state index is 6.04. The van der Waals surface area contributed by atoms with Crippen LogP contribution in [0, 0.1) is 0 Å². The second-order valence-electron chi connectivity index (χ2n) is 5.40. The molecule has 0 aliphatic heterocycles. The second-order valence-corrected chi connectivity index (χ2v) is 6.61. The molecule has 0 unspecified atom stereocenters. The van der Waals surface area contributed by atoms with Gasteiger partial charge in [-0.3, -0.25) is 0 Å². The lowest BCUT2D eigenvalue weighted by atomic mass is 9.96. The van der Waals surface area contributed by atoms with Crippen LogP contribution in [0.15, 0.2) is 24.3 Å². The van der Waals surface area contributed by atoms with E-state index in [-0.39, 0.29) is 5.41 Å². The Kier molecular flexibility index (Phi) is 4.43. The maximum Gasteiger partial charge on any atom is 0.137 e. The van der Waals surface area contributed by atoms with Gasteiger partial charge in [0, 0.05) is 17.2 Å². The minimum Gasteiger partial charge on any atom is -0.340 e. The van der Waals surface area contributed by atoms with Crippen molar-refractivity contribution >= 4 is 46.3 Å². The third kappa shape index (κ3) is 3.75. The molecule has 3 nitrogen and oxygen atoms in total. The fourth-order valence-corrected chi connectivity index (χ4v) is 2.02. The van der Waals surface area contributed by atoms with E-state index in [4.69, 9.17) is 34.8 Å². The largest absolute Gasteiger partial charge is 0.340 e. The first kappa shape index (κ1) is 15.4. The molecule has 0 saturated heterocycles. The van der Waals surface area contributed by atoms with Crippen molar-refractivity contribution in [3.8, 4) is 0 Å². The summed E-state index contributed by atoms with van der Waals surface area (Å²) in [5, 5.41) is 4.53. The number of nitrogens with one attached hydrogen (secondary N) is 1. The van der Waals surface area contributed by atoms with Crippen LogP contribution < -0.4 is 5.32 Å². The van der Waals surface area contributed by atoms with E-state index in [0.29, 0.717) is 26.8 Å². The highest BCUT2D eigenvalue weighted by Crippen LogP contribution is 2.28. The highest BCUT2D eigenvalue weighted by molar-refractivity contribution is 6.42. The molecule has 0 aliphatic rings. The number of nitrogens with zero attached hydrogens (tertiary/aromatic N) is 2. The van der Waals surface area contributed by atoms with Crippen LogP contribution in [0.4, 0.5) is 11.5 Å². The van der Waals surface area contributed by atoms with Crippen LogP contribution in [0.5, 0.6) is 0 Å². The van der Waals surface area contributed by atoms with Gasteiger partial charge in [0.15, 0.2) is 0 Å². The Bertz CT molecular complexity index is 636. The molecule has 106 valence electrons. The van der Waals surface area contributed by atoms with E-state index >= 15 is 0 Å². The molecule has 0 saturated carbocycles. The molecule has 0 amide bonds. The molecule has 6 heteroatoms. The van der Waals surface area contributed by atoms with Crippen LogP contribution in [0.2, 0.25) is 15.2 Å². The summed E-state index contributed by atoms with van der Waals surface area (Å²) >= 11 is 17.9. The lowest BCUT2D eigenvalue weighted by Crippen LogP contribution is -2.16. The Morgan fingerprint density at radius 3 is 2.25 bits per heavy atom. The third-order valence-electron chi connectivity index (χ3n) is 2.56. The summed E-state index contributed by atoms with van der Waals surface area (Å²) in [6.07, 6.45) is 0. The van der Waals surface area contributed by atoms with Gasteiger partial charge in [-0.05, 0) is 18.2 Å². The molecule has 0 spiro atoms. The van der Waals surface area contributed by atoms with Gasteiger partial charge in [0.25, 0.3) is 0 Å². The molecule has 0 atom stereocenters. The first-order valence-electron chi connectivity index (χ1n) is 6.03. The van der Waals surface area contributed by atoms with E-state index in [1.54, 1.807) is 18.2 Å². The molecule has 0 fully saturated rings. The van der Waals surface area contributed by atoms with E-state index < -0.39 is 0 Å². The molecule has 1 N–H and O–H groups in total. The van der Waals surface area contributed by atoms with Gasteiger partial charge in [0.1, 0.15) is 16.8 Å². The van der Waals surface area contributed by atoms with Crippen molar-refractivity contribution in [2.75, 3.05) is 5.32 Å². The molecule has 1 heterocycles. The molecule has 1 aromatic heterocycles. The molecule has 2 rings (SSSR count). The predicted molar refractivity (Wildman–Crippen MR) is 85.5 cm³/mol. The Morgan fingerprint density at radius 2 is 1.65 bits per heavy atom. The normalized spacial score (nSPS) is 11.5. The van der Waals surface area contributed by atoms with E-state index in [9.17, 15) is 0 Å². The van der Waals surface area contributed by atoms with Crippen molar-refractivity contribution in [1.82, 2.24) is 9.97 Å². The summed E-state index contributed by atoms with van der Waals surface area (Å²) in [5.74, 6) is 1.29. The van der Waals surface area contributed by atoms with Crippen LogP contribution >= 0.6 is 34.8 Å². The molecule has 0 radical (unpaired) electrons. The zero-order valence-electron chi connectivity index (χ0n) is 11.3. The number of anilines is 2. The average molecular weight is 331 g/mol. The quantitative estimate of drug-likeness (QED) is 0.741. The number of aromatic nitrogens is 2. The third-order valence-corrected chi connectivity index (χ3v) is 3.49. The fraction of sp³-hybridized carbons (Fsp3) is 0.286. The lowest BCUT2D eigenvalue weighted by Gasteiger charge is -2.18. The van der Waals surface area contributed by atoms with Gasteiger partial charge in [-0.2, -0.15) is 0 Å². The van der Waals surface area contributed by atoms with Gasteiger partial charge in [0.05, 0.1) is 10.0 Å². The highest BCUT2D eigenvalue weighted by Gasteiger charge is 2.18. The van der Waals surface area contributed by atoms with Gasteiger partial charge in [0.2, 0.25) is 0 Å². The van der Waals surface area contributed by atoms with Crippen molar-refractivity contribution in [2.45, 2.75) is 26.2 Å². The van der Waals surface area contributed by atoms with E-state index in [2.05, 4.69) is 15.3 Å². The summed E-state index contributed by atoms with van der Waals surface area (Å²) in [5.41, 5.74) is 0.605. The Balaban J connectivity index is 2.33. The number of hydrogen-bond acceptors (Lipinski definition) is 3. The van der Waals surface area contributed by atoms with Crippen LogP contribution in [0.3, 0.4) is 0 Å². The van der Waals surface area contributed by atoms with Gasteiger partial charge >= 0.3 is 0 Å². The number of benzene rings is 1. The Morgan fingerprint density at radius 1 is 0.950 bits per heavy atom. The Labute approximate surface area is 133 Å². The van der Waals surface area contributed by atoms with Crippen molar-refractivity contribution in [3.63, 3.8) is 0 Å². The molecular weight excluding hydrogens is 317 g/mol. The van der Waals surface area contributed by atoms with Crippen molar-refractivity contribution in [3.05, 3.63) is 45.3 Å². The summed E-state index contributed by atoms with van der Waals surface area (Å²) in [6, 6.07) is 6.94. The van der Waals surface area contributed by atoms with E-state index in [1.165, 1.54) is 0 Å². The van der Waals surface area contributed by atoms with Crippen molar-refractivity contribution in [2.24, 2.45) is 0 Å². The molecule has 0 bridgehead atoms. The average Bonchev–Trinajstić information content (AvgIpc) is 2.32. The number of hydrogen-bond donors (Lipinski definition) is 1. The predicted octanol–water partition coefficient (Wildman–Crippen LogP) is 5.48. The lowest BCUT2D eigenvalue weighted by molar-refractivity contribution is 0.546. The van der Waals surface area contributed by atoms with Gasteiger partial charge in [-0.1, -0.05) is 55.6 Å². The first-order chi connectivity index (χ1) is 9.25. The zero-order valence-corrected chi connectivity index (χ0v) is 13.6. The summed E-state index contributed by atoms with van der Waals surface area (Å²) in [6.45, 7) is 6.09. The molecule has 2 aromatic rings. The van der Waals surface area contributed by atoms with Gasteiger partial charge in [-0.15, -0.1) is 0 Å². The minimum atomic E-state index is -0.182. The van der Waals surface area contributed by atoms with E-state index in [1.807, 2.05) is 26.8 Å². The molecule has 20 heavy (non-hydrogen) atoms. The summed E-state index contributed by atoms with van der Waals surface area (Å²) in [7, 11) is 0. The summed E-state index contributed by atoms with van der Waals surface area (Å²) < 4.78 is 0. The van der Waals surface area contributed by atoms with Crippen molar-refractivity contribution < 1.29 is 0 Å². The standard InChI is InChI=1S/C14H14Cl3N3/c1-14(2,3)13-19-11(17)7-12(20-13)18-8-4-5-9(15)10(16)6-8/h4-7H,1-3H3,(H,18,19,20). The number of halogens is 3. The van der Waals surface area contributed by atoms with Gasteiger partial charge in [-0.25, -0.2) is 9.97 Å². The topological polar surface area (TPSA) is 37.8 Å². The zero-order chi connectivity index (χ0) is 14.9. The monoisotopic (exact) mass is 329 g/mol. The Hall–Kier alpha value is -1.03. The van der Waals surface area contributed by atoms with Crippen LogP contribution in [-0.4, -0.2) is 9.97 Å². The van der Waals surface area contributed by atoms with Crippen LogP contribution in [0.1, 0.15) is 26.6 Å². The van der Waals surface area contributed by atoms with E-state index in [0.717, 1.165) is 5.69 Å². The van der Waals surface area contributed by atoms with Crippen molar-refractivity contribution in [1.29, 1.82) is 0 Å². The summed E-state index contributed by atoms with van der Waals surface area (Å²) in [4.78, 5) is 8.72. The molecular formula is C14H14Cl3N3. The van der Waals surface area contributed by atoms with Crippen LogP contribution in [-0.2, 0) is 5.41 Å². The van der Waals surface area contributed by atoms with Gasteiger partial charge < -0.3 is 5.32 Å². The molecule has 1 aromatic carbocycles. The smallest absolute Gasteiger partial charge is 0.137 e. The molecule has 0 aliphatic carbocycles.